The van der Waals surface area contributed by atoms with Crippen LogP contribution in [0, 0.1) is 12.7 Å². The van der Waals surface area contributed by atoms with E-state index in [0.29, 0.717) is 16.9 Å². The Bertz CT molecular complexity index is 743. The molecule has 0 radical (unpaired) electrons. The second-order valence-corrected chi connectivity index (χ2v) is 5.50. The molecule has 126 valence electrons. The Morgan fingerprint density at radius 2 is 1.88 bits per heavy atom. The summed E-state index contributed by atoms with van der Waals surface area (Å²) in [5.41, 5.74) is 1.83. The van der Waals surface area contributed by atoms with Gasteiger partial charge in [0.25, 0.3) is 0 Å². The zero-order valence-corrected chi connectivity index (χ0v) is 13.8. The quantitative estimate of drug-likeness (QED) is 0.792. The molecule has 0 heterocycles. The monoisotopic (exact) mass is 329 g/mol. The standard InChI is InChI=1S/C19H20FNO3/c1-13-7-9-18(24-2)15(11-13)17(22)8-10-19(23)21-12-14-5-3-4-6-16(14)20/h3-7,9,11H,8,10,12H2,1-2H3,(H,21,23). The van der Waals surface area contributed by atoms with Crippen LogP contribution in [0.25, 0.3) is 0 Å². The molecule has 0 fully saturated rings. The van der Waals surface area contributed by atoms with E-state index in [0.717, 1.165) is 5.56 Å². The molecule has 0 saturated carbocycles. The Morgan fingerprint density at radius 3 is 2.58 bits per heavy atom. The number of benzene rings is 2. The number of hydrogen-bond donors (Lipinski definition) is 1. The number of hydrogen-bond acceptors (Lipinski definition) is 3. The van der Waals surface area contributed by atoms with Gasteiger partial charge < -0.3 is 10.1 Å². The normalized spacial score (nSPS) is 10.3. The molecule has 0 aromatic heterocycles. The van der Waals surface area contributed by atoms with Gasteiger partial charge >= 0.3 is 0 Å². The molecule has 0 aliphatic rings. The van der Waals surface area contributed by atoms with Crippen molar-refractivity contribution in [1.29, 1.82) is 0 Å². The van der Waals surface area contributed by atoms with E-state index >= 15 is 0 Å². The van der Waals surface area contributed by atoms with E-state index in [2.05, 4.69) is 5.32 Å². The molecule has 0 saturated heterocycles. The minimum atomic E-state index is -0.363. The molecule has 4 nitrogen and oxygen atoms in total. The fourth-order valence-corrected chi connectivity index (χ4v) is 2.33. The fraction of sp³-hybridized carbons (Fsp3) is 0.263. The maximum absolute atomic E-state index is 13.5. The summed E-state index contributed by atoms with van der Waals surface area (Å²) in [6, 6.07) is 11.6. The molecule has 0 aliphatic carbocycles. The third-order valence-corrected chi connectivity index (χ3v) is 3.67. The summed E-state index contributed by atoms with van der Waals surface area (Å²) < 4.78 is 18.7. The number of amides is 1. The van der Waals surface area contributed by atoms with E-state index in [-0.39, 0.29) is 36.9 Å². The number of ketones is 1. The van der Waals surface area contributed by atoms with E-state index in [1.54, 1.807) is 30.3 Å². The maximum atomic E-state index is 13.5. The lowest BCUT2D eigenvalue weighted by atomic mass is 10.0. The van der Waals surface area contributed by atoms with E-state index in [1.807, 2.05) is 13.0 Å². The molecule has 2 aromatic carbocycles. The van der Waals surface area contributed by atoms with Crippen molar-refractivity contribution in [3.05, 3.63) is 65.0 Å². The molecule has 1 N–H and O–H groups in total. The van der Waals surface area contributed by atoms with Gasteiger partial charge in [0, 0.05) is 24.9 Å². The third-order valence-electron chi connectivity index (χ3n) is 3.67. The van der Waals surface area contributed by atoms with Crippen LogP contribution < -0.4 is 10.1 Å². The zero-order valence-electron chi connectivity index (χ0n) is 13.8. The van der Waals surface area contributed by atoms with Crippen molar-refractivity contribution in [2.24, 2.45) is 0 Å². The van der Waals surface area contributed by atoms with Crippen molar-refractivity contribution in [3.63, 3.8) is 0 Å². The molecule has 0 aliphatic heterocycles. The average molecular weight is 329 g/mol. The molecular weight excluding hydrogens is 309 g/mol. The largest absolute Gasteiger partial charge is 0.496 e. The lowest BCUT2D eigenvalue weighted by Gasteiger charge is -2.09. The molecular formula is C19H20FNO3. The summed E-state index contributed by atoms with van der Waals surface area (Å²) in [4.78, 5) is 24.2. The molecule has 24 heavy (non-hydrogen) atoms. The minimum absolute atomic E-state index is 0.0460. The lowest BCUT2D eigenvalue weighted by Crippen LogP contribution is -2.23. The van der Waals surface area contributed by atoms with Gasteiger partial charge in [-0.05, 0) is 25.1 Å². The molecule has 5 heteroatoms. The number of nitrogens with one attached hydrogen (secondary N) is 1. The summed E-state index contributed by atoms with van der Waals surface area (Å²) in [6.45, 7) is 1.99. The average Bonchev–Trinajstić information content (AvgIpc) is 2.59. The van der Waals surface area contributed by atoms with Crippen molar-refractivity contribution in [2.45, 2.75) is 26.3 Å². The van der Waals surface area contributed by atoms with Gasteiger partial charge in [-0.2, -0.15) is 0 Å². The number of ether oxygens (including phenoxy) is 1. The SMILES string of the molecule is COc1ccc(C)cc1C(=O)CCC(=O)NCc1ccccc1F. The second-order valence-electron chi connectivity index (χ2n) is 5.50. The highest BCUT2D eigenvalue weighted by atomic mass is 19.1. The summed E-state index contributed by atoms with van der Waals surface area (Å²) in [6.07, 6.45) is 0.118. The highest BCUT2D eigenvalue weighted by Gasteiger charge is 2.14. The summed E-state index contributed by atoms with van der Waals surface area (Å²) in [7, 11) is 1.50. The van der Waals surface area contributed by atoms with Gasteiger partial charge in [0.2, 0.25) is 5.91 Å². The highest BCUT2D eigenvalue weighted by Crippen LogP contribution is 2.21. The predicted octanol–water partition coefficient (Wildman–Crippen LogP) is 3.42. The summed E-state index contributed by atoms with van der Waals surface area (Å²) in [5.74, 6) is -0.314. The van der Waals surface area contributed by atoms with Gasteiger partial charge in [-0.25, -0.2) is 4.39 Å². The van der Waals surface area contributed by atoms with Gasteiger partial charge in [-0.3, -0.25) is 9.59 Å². The van der Waals surface area contributed by atoms with Crippen LogP contribution in [0.1, 0.15) is 34.3 Å². The molecule has 0 spiro atoms. The van der Waals surface area contributed by atoms with Gasteiger partial charge in [0.05, 0.1) is 12.7 Å². The molecule has 0 unspecified atom stereocenters. The van der Waals surface area contributed by atoms with E-state index in [1.165, 1.54) is 13.2 Å². The van der Waals surface area contributed by atoms with Crippen LogP contribution in [0.3, 0.4) is 0 Å². The summed E-state index contributed by atoms with van der Waals surface area (Å²) >= 11 is 0. The van der Waals surface area contributed by atoms with Gasteiger partial charge in [-0.15, -0.1) is 0 Å². The van der Waals surface area contributed by atoms with Crippen LogP contribution in [0.5, 0.6) is 5.75 Å². The molecule has 2 aromatic rings. The first-order chi connectivity index (χ1) is 11.5. The number of Topliss-reactive ketones (excluding diaryl/α,β-unsaturated/α-hetero) is 1. The van der Waals surface area contributed by atoms with Crippen LogP contribution in [0.4, 0.5) is 4.39 Å². The predicted molar refractivity (Wildman–Crippen MR) is 89.5 cm³/mol. The first-order valence-electron chi connectivity index (χ1n) is 7.69. The number of carbonyl (C=O) groups excluding carboxylic acids is 2. The molecule has 2 rings (SSSR count). The van der Waals surface area contributed by atoms with Gasteiger partial charge in [0.1, 0.15) is 11.6 Å². The summed E-state index contributed by atoms with van der Waals surface area (Å²) in [5, 5.41) is 2.62. The number of carbonyl (C=O) groups is 2. The third kappa shape index (κ3) is 4.65. The lowest BCUT2D eigenvalue weighted by molar-refractivity contribution is -0.121. The van der Waals surface area contributed by atoms with Gasteiger partial charge in [-0.1, -0.05) is 29.8 Å². The topological polar surface area (TPSA) is 55.4 Å². The van der Waals surface area contributed by atoms with E-state index < -0.39 is 0 Å². The fourth-order valence-electron chi connectivity index (χ4n) is 2.33. The molecule has 0 bridgehead atoms. The first kappa shape index (κ1) is 17.7. The van der Waals surface area contributed by atoms with E-state index in [9.17, 15) is 14.0 Å². The Morgan fingerprint density at radius 1 is 1.12 bits per heavy atom. The Balaban J connectivity index is 1.89. The second kappa shape index (κ2) is 8.24. The Kier molecular flexibility index (Phi) is 6.07. The zero-order chi connectivity index (χ0) is 17.5. The number of methoxy groups -OCH3 is 1. The molecule has 1 amide bonds. The van der Waals surface area contributed by atoms with Crippen LogP contribution >= 0.6 is 0 Å². The highest BCUT2D eigenvalue weighted by molar-refractivity contribution is 6.00. The van der Waals surface area contributed by atoms with Crippen molar-refractivity contribution in [3.8, 4) is 5.75 Å². The van der Waals surface area contributed by atoms with Crippen molar-refractivity contribution >= 4 is 11.7 Å². The van der Waals surface area contributed by atoms with Crippen LogP contribution in [-0.4, -0.2) is 18.8 Å². The van der Waals surface area contributed by atoms with E-state index in [4.69, 9.17) is 4.74 Å². The van der Waals surface area contributed by atoms with Crippen LogP contribution in [0.15, 0.2) is 42.5 Å². The van der Waals surface area contributed by atoms with Gasteiger partial charge in [0.15, 0.2) is 5.78 Å². The van der Waals surface area contributed by atoms with Crippen LogP contribution in [0.2, 0.25) is 0 Å². The number of aryl methyl sites for hydroxylation is 1. The van der Waals surface area contributed by atoms with Crippen molar-refractivity contribution in [1.82, 2.24) is 5.32 Å². The van der Waals surface area contributed by atoms with Crippen LogP contribution in [-0.2, 0) is 11.3 Å². The Labute approximate surface area is 140 Å². The maximum Gasteiger partial charge on any atom is 0.220 e. The van der Waals surface area contributed by atoms with Crippen molar-refractivity contribution < 1.29 is 18.7 Å². The first-order valence-corrected chi connectivity index (χ1v) is 7.69. The number of halogens is 1. The Hall–Kier alpha value is -2.69. The minimum Gasteiger partial charge on any atom is -0.496 e. The smallest absolute Gasteiger partial charge is 0.220 e. The molecule has 0 atom stereocenters. The van der Waals surface area contributed by atoms with Crippen molar-refractivity contribution in [2.75, 3.05) is 7.11 Å². The number of rotatable bonds is 7.